The van der Waals surface area contributed by atoms with Crippen molar-refractivity contribution in [2.45, 2.75) is 111 Å². The van der Waals surface area contributed by atoms with Gasteiger partial charge < -0.3 is 16.2 Å². The number of benzene rings is 1. The number of hydrogen-bond donors (Lipinski definition) is 2. The summed E-state index contributed by atoms with van der Waals surface area (Å²) in [6.45, 7) is 12.5. The highest BCUT2D eigenvalue weighted by Crippen LogP contribution is 2.65. The van der Waals surface area contributed by atoms with Gasteiger partial charge in [0.05, 0.1) is 5.56 Å². The molecule has 0 spiro atoms. The predicted molar refractivity (Wildman–Crippen MR) is 157 cm³/mol. The third kappa shape index (κ3) is 5.35. The summed E-state index contributed by atoms with van der Waals surface area (Å²) in [5.74, 6) is 7.56. The molecule has 0 saturated heterocycles. The van der Waals surface area contributed by atoms with E-state index < -0.39 is 0 Å². The van der Waals surface area contributed by atoms with Crippen LogP contribution in [0.3, 0.4) is 0 Å². The molecule has 4 N–H and O–H groups in total. The van der Waals surface area contributed by atoms with E-state index in [0.29, 0.717) is 28.3 Å². The zero-order valence-corrected chi connectivity index (χ0v) is 24.8. The standard InChI is InChI=1S/C34H54N2O2/c1-20(2)7-6-8-21(3)28-11-12-30-29-10-9-24-18-27(38-33(37)23-16-25(35)19-26(36)17-23)13-14-34(24,5)31(29)15-22(4)32(28)30/h16-17,19-22,24,27-32H,6-15,18,35-36H2,1-5H3. The lowest BCUT2D eigenvalue weighted by atomic mass is 9.45. The minimum Gasteiger partial charge on any atom is -0.459 e. The number of nitrogen functional groups attached to an aromatic ring is 2. The number of carbonyl (C=O) groups is 1. The summed E-state index contributed by atoms with van der Waals surface area (Å²) in [5.41, 5.74) is 13.7. The third-order valence-corrected chi connectivity index (χ3v) is 12.0. The highest BCUT2D eigenvalue weighted by atomic mass is 16.5. The van der Waals surface area contributed by atoms with Gasteiger partial charge in [-0.15, -0.1) is 0 Å². The van der Waals surface area contributed by atoms with Crippen LogP contribution in [0.2, 0.25) is 0 Å². The molecule has 1 aromatic carbocycles. The van der Waals surface area contributed by atoms with Gasteiger partial charge in [-0.2, -0.15) is 0 Å². The number of rotatable bonds is 7. The topological polar surface area (TPSA) is 78.3 Å². The first-order chi connectivity index (χ1) is 18.1. The van der Waals surface area contributed by atoms with Gasteiger partial charge in [-0.3, -0.25) is 0 Å². The van der Waals surface area contributed by atoms with Gasteiger partial charge in [0.15, 0.2) is 0 Å². The summed E-state index contributed by atoms with van der Waals surface area (Å²) in [6, 6.07) is 5.03. The minimum absolute atomic E-state index is 0.0103. The Labute approximate surface area is 232 Å². The highest BCUT2D eigenvalue weighted by molar-refractivity contribution is 5.91. The second-order valence-electron chi connectivity index (χ2n) is 14.7. The molecule has 5 rings (SSSR count). The summed E-state index contributed by atoms with van der Waals surface area (Å²) in [6.07, 6.45) is 14.5. The summed E-state index contributed by atoms with van der Waals surface area (Å²) in [4.78, 5) is 12.9. The van der Waals surface area contributed by atoms with Gasteiger partial charge in [0, 0.05) is 11.4 Å². The molecule has 0 aliphatic heterocycles. The lowest BCUT2D eigenvalue weighted by Gasteiger charge is -2.60. The lowest BCUT2D eigenvalue weighted by Crippen LogP contribution is -2.54. The van der Waals surface area contributed by atoms with E-state index in [1.165, 1.54) is 57.8 Å². The van der Waals surface area contributed by atoms with E-state index in [1.807, 2.05) is 0 Å². The molecule has 4 saturated carbocycles. The Morgan fingerprint density at radius 1 is 0.974 bits per heavy atom. The van der Waals surface area contributed by atoms with Crippen molar-refractivity contribution in [3.05, 3.63) is 23.8 Å². The molecule has 4 fully saturated rings. The number of ether oxygens (including phenoxy) is 1. The Morgan fingerprint density at radius 3 is 2.39 bits per heavy atom. The Bertz CT molecular complexity index is 970. The first-order valence-electron chi connectivity index (χ1n) is 15.9. The van der Waals surface area contributed by atoms with Crippen LogP contribution in [0.1, 0.15) is 116 Å². The van der Waals surface area contributed by atoms with Crippen LogP contribution in [0.25, 0.3) is 0 Å². The molecular weight excluding hydrogens is 468 g/mol. The number of hydrogen-bond acceptors (Lipinski definition) is 4. The predicted octanol–water partition coefficient (Wildman–Crippen LogP) is 8.35. The number of esters is 1. The molecule has 0 bridgehead atoms. The van der Waals surface area contributed by atoms with Crippen LogP contribution in [-0.4, -0.2) is 12.1 Å². The van der Waals surface area contributed by atoms with Crippen molar-refractivity contribution in [3.63, 3.8) is 0 Å². The molecule has 4 aliphatic carbocycles. The van der Waals surface area contributed by atoms with Crippen LogP contribution in [0.4, 0.5) is 11.4 Å². The normalized spacial score (nSPS) is 39.2. The molecular formula is C34H54N2O2. The SMILES string of the molecule is CC(C)CCCC(C)C1CCC2C3CCC4CC(OC(=O)c5cc(N)cc(N)c5)CCC4(C)C3CC(C)C12. The number of carbonyl (C=O) groups excluding carboxylic acids is 1. The van der Waals surface area contributed by atoms with E-state index in [9.17, 15) is 4.79 Å². The highest BCUT2D eigenvalue weighted by Gasteiger charge is 2.58. The van der Waals surface area contributed by atoms with E-state index in [4.69, 9.17) is 16.2 Å². The van der Waals surface area contributed by atoms with Gasteiger partial charge in [0.25, 0.3) is 0 Å². The largest absolute Gasteiger partial charge is 0.459 e. The van der Waals surface area contributed by atoms with Crippen molar-refractivity contribution in [1.29, 1.82) is 0 Å². The monoisotopic (exact) mass is 522 g/mol. The van der Waals surface area contributed by atoms with Crippen LogP contribution < -0.4 is 11.5 Å². The van der Waals surface area contributed by atoms with Gasteiger partial charge in [-0.1, -0.05) is 53.9 Å². The average molecular weight is 523 g/mol. The molecule has 0 heterocycles. The number of anilines is 2. The van der Waals surface area contributed by atoms with Crippen LogP contribution in [0.5, 0.6) is 0 Å². The van der Waals surface area contributed by atoms with E-state index in [-0.39, 0.29) is 12.1 Å². The second kappa shape index (κ2) is 11.0. The zero-order valence-electron chi connectivity index (χ0n) is 24.8. The minimum atomic E-state index is -0.278. The van der Waals surface area contributed by atoms with E-state index in [2.05, 4.69) is 34.6 Å². The molecule has 4 heteroatoms. The molecule has 0 radical (unpaired) electrons. The lowest BCUT2D eigenvalue weighted by molar-refractivity contribution is -0.124. The average Bonchev–Trinajstić information content (AvgIpc) is 3.30. The summed E-state index contributed by atoms with van der Waals surface area (Å²) in [7, 11) is 0. The number of nitrogens with two attached hydrogens (primary N) is 2. The van der Waals surface area contributed by atoms with Gasteiger partial charge in [0.2, 0.25) is 0 Å². The van der Waals surface area contributed by atoms with Crippen LogP contribution in [0, 0.1) is 58.7 Å². The van der Waals surface area contributed by atoms with Crippen molar-refractivity contribution in [2.24, 2.45) is 58.7 Å². The van der Waals surface area contributed by atoms with Crippen molar-refractivity contribution in [1.82, 2.24) is 0 Å². The second-order valence-corrected chi connectivity index (χ2v) is 14.7. The fraction of sp³-hybridized carbons (Fsp3) is 0.794. The van der Waals surface area contributed by atoms with Crippen molar-refractivity contribution in [3.8, 4) is 0 Å². The maximum absolute atomic E-state index is 12.9. The van der Waals surface area contributed by atoms with Gasteiger partial charge in [-0.05, 0) is 128 Å². The molecule has 4 nitrogen and oxygen atoms in total. The molecule has 4 aliphatic rings. The van der Waals surface area contributed by atoms with Gasteiger partial charge in [-0.25, -0.2) is 4.79 Å². The molecule has 1 aromatic rings. The molecule has 212 valence electrons. The Kier molecular flexibility index (Phi) is 8.09. The maximum atomic E-state index is 12.9. The fourth-order valence-corrected chi connectivity index (χ4v) is 10.2. The first-order valence-corrected chi connectivity index (χ1v) is 15.9. The smallest absolute Gasteiger partial charge is 0.338 e. The van der Waals surface area contributed by atoms with Crippen LogP contribution in [0.15, 0.2) is 18.2 Å². The zero-order chi connectivity index (χ0) is 27.2. The first kappa shape index (κ1) is 27.8. The molecule has 0 aromatic heterocycles. The van der Waals surface area contributed by atoms with Crippen molar-refractivity contribution < 1.29 is 9.53 Å². The van der Waals surface area contributed by atoms with Crippen molar-refractivity contribution in [2.75, 3.05) is 11.5 Å². The third-order valence-electron chi connectivity index (χ3n) is 12.0. The number of fused-ring (bicyclic) bond motifs is 5. The molecule has 38 heavy (non-hydrogen) atoms. The summed E-state index contributed by atoms with van der Waals surface area (Å²) < 4.78 is 6.05. The van der Waals surface area contributed by atoms with Crippen LogP contribution >= 0.6 is 0 Å². The summed E-state index contributed by atoms with van der Waals surface area (Å²) >= 11 is 0. The van der Waals surface area contributed by atoms with E-state index in [1.54, 1.807) is 18.2 Å². The Balaban J connectivity index is 1.22. The quantitative estimate of drug-likeness (QED) is 0.278. The van der Waals surface area contributed by atoms with Crippen LogP contribution in [-0.2, 0) is 4.74 Å². The molecule has 10 atom stereocenters. The maximum Gasteiger partial charge on any atom is 0.338 e. The fourth-order valence-electron chi connectivity index (χ4n) is 10.2. The molecule has 0 amide bonds. The Hall–Kier alpha value is -1.71. The van der Waals surface area contributed by atoms with E-state index in [0.717, 1.165) is 60.2 Å². The van der Waals surface area contributed by atoms with E-state index >= 15 is 0 Å². The Morgan fingerprint density at radius 2 is 1.68 bits per heavy atom. The van der Waals surface area contributed by atoms with Gasteiger partial charge >= 0.3 is 5.97 Å². The summed E-state index contributed by atoms with van der Waals surface area (Å²) in [5, 5.41) is 0. The van der Waals surface area contributed by atoms with Crippen molar-refractivity contribution >= 4 is 17.3 Å². The molecule has 10 unspecified atom stereocenters. The van der Waals surface area contributed by atoms with Gasteiger partial charge in [0.1, 0.15) is 6.10 Å².